The smallest absolute Gasteiger partial charge is 0.410 e. The van der Waals surface area contributed by atoms with Crippen molar-refractivity contribution in [2.45, 2.75) is 39.6 Å². The number of likely N-dealkylation sites (N-methyl/N-ethyl adjacent to an activating group) is 1. The molecule has 0 fully saturated rings. The third-order valence-corrected chi connectivity index (χ3v) is 9.22. The van der Waals surface area contributed by atoms with Gasteiger partial charge in [0.15, 0.2) is 5.78 Å². The average molecular weight is 700 g/mol. The van der Waals surface area contributed by atoms with Gasteiger partial charge in [-0.05, 0) is 104 Å². The molecule has 0 N–H and O–H groups in total. The third kappa shape index (κ3) is 9.35. The molecule has 8 heteroatoms. The maximum absolute atomic E-state index is 14.3. The molecule has 51 heavy (non-hydrogen) atoms. The average Bonchev–Trinajstić information content (AvgIpc) is 3.52. The Balaban J connectivity index is 1.22. The minimum absolute atomic E-state index is 0.0881. The maximum atomic E-state index is 14.3. The molecule has 5 aromatic carbocycles. The molecule has 0 aliphatic carbocycles. The number of hydrogen-bond donors (Lipinski definition) is 0. The normalized spacial score (nSPS) is 11.2. The van der Waals surface area contributed by atoms with Crippen LogP contribution in [0.25, 0.3) is 20.5 Å². The predicted molar refractivity (Wildman–Crippen MR) is 203 cm³/mol. The van der Waals surface area contributed by atoms with Gasteiger partial charge < -0.3 is 23.8 Å². The number of ketones is 1. The van der Waals surface area contributed by atoms with Crippen molar-refractivity contribution in [1.82, 2.24) is 4.90 Å². The van der Waals surface area contributed by atoms with Crippen LogP contribution in [0.4, 0.5) is 4.79 Å². The summed E-state index contributed by atoms with van der Waals surface area (Å²) in [7, 11) is 1.67. The monoisotopic (exact) mass is 699 g/mol. The van der Waals surface area contributed by atoms with Gasteiger partial charge >= 0.3 is 6.09 Å². The number of carbonyl (C=O) groups is 2. The number of thiophene rings is 1. The molecule has 6 rings (SSSR count). The van der Waals surface area contributed by atoms with Gasteiger partial charge in [-0.25, -0.2) is 4.79 Å². The van der Waals surface area contributed by atoms with E-state index in [-0.39, 0.29) is 12.4 Å². The highest BCUT2D eigenvalue weighted by Crippen LogP contribution is 2.42. The number of ether oxygens (including phenoxy) is 4. The van der Waals surface area contributed by atoms with Gasteiger partial charge in [0, 0.05) is 33.1 Å². The van der Waals surface area contributed by atoms with Gasteiger partial charge in [-0.1, -0.05) is 60.7 Å². The molecule has 1 amide bonds. The zero-order chi connectivity index (χ0) is 35.8. The Kier molecular flexibility index (Phi) is 11.0. The molecule has 0 saturated heterocycles. The molecule has 7 nitrogen and oxygen atoms in total. The van der Waals surface area contributed by atoms with Crippen LogP contribution in [0.2, 0.25) is 0 Å². The number of benzene rings is 5. The highest BCUT2D eigenvalue weighted by atomic mass is 32.1. The summed E-state index contributed by atoms with van der Waals surface area (Å²) in [4.78, 5) is 28.9. The van der Waals surface area contributed by atoms with Crippen molar-refractivity contribution in [2.24, 2.45) is 0 Å². The van der Waals surface area contributed by atoms with Crippen molar-refractivity contribution >= 4 is 33.3 Å². The van der Waals surface area contributed by atoms with E-state index >= 15 is 0 Å². The van der Waals surface area contributed by atoms with Crippen LogP contribution in [0.5, 0.6) is 17.2 Å². The Bertz CT molecular complexity index is 2070. The lowest BCUT2D eigenvalue weighted by Gasteiger charge is -2.24. The zero-order valence-corrected chi connectivity index (χ0v) is 30.1. The lowest BCUT2D eigenvalue weighted by molar-refractivity contribution is 0.0278. The number of rotatable bonds is 13. The molecule has 1 heterocycles. The van der Waals surface area contributed by atoms with Crippen molar-refractivity contribution in [2.75, 3.05) is 20.2 Å². The molecule has 0 spiro atoms. The van der Waals surface area contributed by atoms with Gasteiger partial charge in [0.25, 0.3) is 0 Å². The lowest BCUT2D eigenvalue weighted by atomic mass is 9.97. The van der Waals surface area contributed by atoms with E-state index in [4.69, 9.17) is 18.9 Å². The lowest BCUT2D eigenvalue weighted by Crippen LogP contribution is -2.36. The largest absolute Gasteiger partial charge is 0.492 e. The first-order chi connectivity index (χ1) is 24.6. The van der Waals surface area contributed by atoms with Gasteiger partial charge in [0.05, 0.1) is 6.54 Å². The molecular formula is C43H41NO6S. The van der Waals surface area contributed by atoms with Gasteiger partial charge in [0.2, 0.25) is 0 Å². The van der Waals surface area contributed by atoms with E-state index in [1.807, 2.05) is 124 Å². The Hall–Kier alpha value is -5.60. The Labute approximate surface area is 303 Å². The van der Waals surface area contributed by atoms with Crippen LogP contribution >= 0.6 is 11.3 Å². The highest BCUT2D eigenvalue weighted by molar-refractivity contribution is 7.22. The SMILES string of the molecule is CN(CCOc1ccc(C(=O)c2c(-c3ccc(OCc4ccccc4)cc3)sc3cc(OCc4ccccc4)ccc23)cc1)C(=O)OC(C)(C)C. The van der Waals surface area contributed by atoms with Gasteiger partial charge in [-0.15, -0.1) is 11.3 Å². The molecule has 0 bridgehead atoms. The second-order valence-electron chi connectivity index (χ2n) is 13.1. The van der Waals surface area contributed by atoms with Crippen molar-refractivity contribution in [3.05, 3.63) is 150 Å². The Morgan fingerprint density at radius 3 is 1.82 bits per heavy atom. The Morgan fingerprint density at radius 1 is 0.667 bits per heavy atom. The summed E-state index contributed by atoms with van der Waals surface area (Å²) in [5.41, 5.74) is 3.70. The molecular weight excluding hydrogens is 659 g/mol. The fourth-order valence-electron chi connectivity index (χ4n) is 5.36. The van der Waals surface area contributed by atoms with E-state index in [1.165, 1.54) is 4.90 Å². The van der Waals surface area contributed by atoms with Gasteiger partial charge in [-0.3, -0.25) is 4.79 Å². The van der Waals surface area contributed by atoms with E-state index in [0.29, 0.717) is 36.6 Å². The summed E-state index contributed by atoms with van der Waals surface area (Å²) in [5, 5.41) is 0.863. The quantitative estimate of drug-likeness (QED) is 0.112. The van der Waals surface area contributed by atoms with Gasteiger partial charge in [-0.2, -0.15) is 0 Å². The standard InChI is InChI=1S/C43H41NO6S/c1-43(2,3)50-42(46)44(4)25-26-47-34-19-15-32(16-20-34)40(45)39-37-24-23-36(49-29-31-13-9-6-10-14-31)27-38(37)51-41(39)33-17-21-35(22-18-33)48-28-30-11-7-5-8-12-30/h5-24,27H,25-26,28-29H2,1-4H3. The van der Waals surface area contributed by atoms with E-state index in [1.54, 1.807) is 42.6 Å². The summed E-state index contributed by atoms with van der Waals surface area (Å²) < 4.78 is 24.4. The second kappa shape index (κ2) is 16.0. The summed E-state index contributed by atoms with van der Waals surface area (Å²) >= 11 is 1.57. The van der Waals surface area contributed by atoms with E-state index < -0.39 is 11.7 Å². The summed E-state index contributed by atoms with van der Waals surface area (Å²) in [6.45, 7) is 7.05. The van der Waals surface area contributed by atoms with Crippen molar-refractivity contribution in [1.29, 1.82) is 0 Å². The maximum Gasteiger partial charge on any atom is 0.410 e. The Morgan fingerprint density at radius 2 is 1.22 bits per heavy atom. The molecule has 0 saturated carbocycles. The molecule has 0 radical (unpaired) electrons. The van der Waals surface area contributed by atoms with Crippen LogP contribution in [0, 0.1) is 0 Å². The van der Waals surface area contributed by atoms with E-state index in [0.717, 1.165) is 43.2 Å². The molecule has 0 atom stereocenters. The number of fused-ring (bicyclic) bond motifs is 1. The first-order valence-electron chi connectivity index (χ1n) is 16.8. The third-order valence-electron chi connectivity index (χ3n) is 8.02. The molecule has 6 aromatic rings. The summed E-state index contributed by atoms with van der Waals surface area (Å²) in [5.74, 6) is 2.00. The number of amides is 1. The molecule has 0 aliphatic heterocycles. The van der Waals surface area contributed by atoms with Crippen molar-refractivity contribution in [3.63, 3.8) is 0 Å². The van der Waals surface area contributed by atoms with Crippen LogP contribution in [-0.4, -0.2) is 42.6 Å². The minimum Gasteiger partial charge on any atom is -0.492 e. The van der Waals surface area contributed by atoms with Crippen LogP contribution in [0.15, 0.2) is 127 Å². The molecule has 0 aliphatic rings. The highest BCUT2D eigenvalue weighted by Gasteiger charge is 2.23. The van der Waals surface area contributed by atoms with Crippen molar-refractivity contribution < 1.29 is 28.5 Å². The topological polar surface area (TPSA) is 74.3 Å². The predicted octanol–water partition coefficient (Wildman–Crippen LogP) is 10.2. The van der Waals surface area contributed by atoms with E-state index in [2.05, 4.69) is 0 Å². The molecule has 260 valence electrons. The first-order valence-corrected chi connectivity index (χ1v) is 17.7. The van der Waals surface area contributed by atoms with Crippen LogP contribution < -0.4 is 14.2 Å². The fraction of sp³-hybridized carbons (Fsp3) is 0.209. The van der Waals surface area contributed by atoms with Crippen molar-refractivity contribution in [3.8, 4) is 27.7 Å². The van der Waals surface area contributed by atoms with Gasteiger partial charge in [0.1, 0.15) is 42.7 Å². The number of carbonyl (C=O) groups excluding carboxylic acids is 2. The fourth-order valence-corrected chi connectivity index (χ4v) is 6.59. The second-order valence-corrected chi connectivity index (χ2v) is 14.2. The molecule has 1 aromatic heterocycles. The summed E-state index contributed by atoms with van der Waals surface area (Å²) in [6, 6.07) is 41.0. The van der Waals surface area contributed by atoms with Crippen LogP contribution in [0.1, 0.15) is 47.8 Å². The van der Waals surface area contributed by atoms with Crippen LogP contribution in [-0.2, 0) is 18.0 Å². The minimum atomic E-state index is -0.568. The first kappa shape index (κ1) is 35.2. The summed E-state index contributed by atoms with van der Waals surface area (Å²) in [6.07, 6.45) is -0.407. The number of nitrogens with zero attached hydrogens (tertiary/aromatic N) is 1. The molecule has 0 unspecified atom stereocenters. The van der Waals surface area contributed by atoms with E-state index in [9.17, 15) is 9.59 Å². The zero-order valence-electron chi connectivity index (χ0n) is 29.3. The number of hydrogen-bond acceptors (Lipinski definition) is 7. The van der Waals surface area contributed by atoms with Crippen LogP contribution in [0.3, 0.4) is 0 Å².